The van der Waals surface area contributed by atoms with E-state index in [9.17, 15) is 9.59 Å². The molecule has 1 aliphatic rings. The molecule has 0 bridgehead atoms. The van der Waals surface area contributed by atoms with Crippen molar-refractivity contribution in [2.45, 2.75) is 84.7 Å². The van der Waals surface area contributed by atoms with Crippen molar-refractivity contribution in [1.29, 1.82) is 0 Å². The number of carbonyl (C=O) groups is 2. The predicted molar refractivity (Wildman–Crippen MR) is 119 cm³/mol. The highest BCUT2D eigenvalue weighted by atomic mass is 16.6. The number of epoxide rings is 1. The number of ether oxygens (including phenoxy) is 4. The normalized spacial score (nSPS) is 16.6. The zero-order valence-corrected chi connectivity index (χ0v) is 19.7. The van der Waals surface area contributed by atoms with E-state index >= 15 is 0 Å². The van der Waals surface area contributed by atoms with Gasteiger partial charge in [-0.2, -0.15) is 0 Å². The van der Waals surface area contributed by atoms with Crippen LogP contribution in [0.1, 0.15) is 78.6 Å². The molecule has 1 saturated heterocycles. The first-order valence-corrected chi connectivity index (χ1v) is 11.5. The summed E-state index contributed by atoms with van der Waals surface area (Å²) >= 11 is 0. The van der Waals surface area contributed by atoms with Crippen LogP contribution in [0, 0.1) is 11.8 Å². The van der Waals surface area contributed by atoms with Crippen LogP contribution in [0.3, 0.4) is 0 Å². The molecule has 1 rings (SSSR count). The first-order chi connectivity index (χ1) is 14.4. The zero-order valence-electron chi connectivity index (χ0n) is 19.7. The molecule has 0 saturated carbocycles. The molecule has 1 fully saturated rings. The summed E-state index contributed by atoms with van der Waals surface area (Å²) in [5, 5.41) is 0. The third-order valence-electron chi connectivity index (χ3n) is 5.04. The molecule has 3 unspecified atom stereocenters. The van der Waals surface area contributed by atoms with Gasteiger partial charge in [0.05, 0.1) is 31.8 Å². The molecule has 0 aromatic carbocycles. The third kappa shape index (κ3) is 18.6. The number of unbranched alkanes of at least 4 members (excludes halogenated alkanes) is 4. The summed E-state index contributed by atoms with van der Waals surface area (Å²) in [6, 6.07) is 0. The maximum atomic E-state index is 11.4. The Kier molecular flexibility index (Phi) is 18.6. The molecule has 0 spiro atoms. The summed E-state index contributed by atoms with van der Waals surface area (Å²) in [7, 11) is 1.74. The molecule has 6 heteroatoms. The molecule has 6 nitrogen and oxygen atoms in total. The van der Waals surface area contributed by atoms with Gasteiger partial charge in [0.1, 0.15) is 0 Å². The SMILES string of the molecule is C=CC(=O)OCCCCCC1CO1.CCC(C)C(=O)OCCCCCC(C)COC. The Hall–Kier alpha value is -1.40. The lowest BCUT2D eigenvalue weighted by atomic mass is 10.0. The highest BCUT2D eigenvalue weighted by molar-refractivity contribution is 5.81. The number of rotatable bonds is 17. The van der Waals surface area contributed by atoms with E-state index in [1.54, 1.807) is 7.11 Å². The molecule has 3 atom stereocenters. The quantitative estimate of drug-likeness (QED) is 0.139. The number of methoxy groups -OCH3 is 1. The summed E-state index contributed by atoms with van der Waals surface area (Å²) < 4.78 is 20.2. The highest BCUT2D eigenvalue weighted by Gasteiger charge is 2.20. The van der Waals surface area contributed by atoms with Gasteiger partial charge < -0.3 is 18.9 Å². The predicted octanol–water partition coefficient (Wildman–Crippen LogP) is 5.09. The van der Waals surface area contributed by atoms with Crippen LogP contribution < -0.4 is 0 Å². The fourth-order valence-corrected chi connectivity index (χ4v) is 2.74. The minimum Gasteiger partial charge on any atom is -0.465 e. The number of hydrogen-bond acceptors (Lipinski definition) is 6. The number of esters is 2. The minimum absolute atomic E-state index is 0.0386. The molecule has 1 aliphatic heterocycles. The second-order valence-corrected chi connectivity index (χ2v) is 8.06. The van der Waals surface area contributed by atoms with Crippen molar-refractivity contribution in [3.8, 4) is 0 Å². The summed E-state index contributed by atoms with van der Waals surface area (Å²) in [6.07, 6.45) is 11.4. The molecule has 0 N–H and O–H groups in total. The number of carbonyl (C=O) groups excluding carboxylic acids is 2. The lowest BCUT2D eigenvalue weighted by Gasteiger charge is -2.10. The third-order valence-corrected chi connectivity index (χ3v) is 5.04. The van der Waals surface area contributed by atoms with Crippen molar-refractivity contribution < 1.29 is 28.5 Å². The Morgan fingerprint density at radius 2 is 1.70 bits per heavy atom. The van der Waals surface area contributed by atoms with Gasteiger partial charge in [-0.15, -0.1) is 0 Å². The van der Waals surface area contributed by atoms with E-state index in [0.29, 0.717) is 25.2 Å². The monoisotopic (exact) mass is 428 g/mol. The van der Waals surface area contributed by atoms with Crippen molar-refractivity contribution in [1.82, 2.24) is 0 Å². The van der Waals surface area contributed by atoms with Crippen molar-refractivity contribution in [2.24, 2.45) is 11.8 Å². The van der Waals surface area contributed by atoms with E-state index in [4.69, 9.17) is 18.9 Å². The smallest absolute Gasteiger partial charge is 0.330 e. The van der Waals surface area contributed by atoms with Crippen LogP contribution in [0.5, 0.6) is 0 Å². The van der Waals surface area contributed by atoms with Gasteiger partial charge in [-0.3, -0.25) is 4.79 Å². The maximum Gasteiger partial charge on any atom is 0.330 e. The minimum atomic E-state index is -0.328. The van der Waals surface area contributed by atoms with Gasteiger partial charge in [-0.05, 0) is 44.4 Å². The molecule has 1 heterocycles. The average molecular weight is 429 g/mol. The van der Waals surface area contributed by atoms with Crippen LogP contribution in [0.2, 0.25) is 0 Å². The lowest BCUT2D eigenvalue weighted by molar-refractivity contribution is -0.148. The molecule has 0 amide bonds. The van der Waals surface area contributed by atoms with Crippen LogP contribution in [0.25, 0.3) is 0 Å². The molecular weight excluding hydrogens is 384 g/mol. The van der Waals surface area contributed by atoms with Crippen LogP contribution >= 0.6 is 0 Å². The van der Waals surface area contributed by atoms with Gasteiger partial charge >= 0.3 is 11.9 Å². The summed E-state index contributed by atoms with van der Waals surface area (Å²) in [5.41, 5.74) is 0. The second-order valence-electron chi connectivity index (χ2n) is 8.06. The Bertz CT molecular complexity index is 447. The summed E-state index contributed by atoms with van der Waals surface area (Å²) in [5.74, 6) is 0.283. The summed E-state index contributed by atoms with van der Waals surface area (Å²) in [4.78, 5) is 22.0. The Balaban J connectivity index is 0.000000579. The molecule has 30 heavy (non-hydrogen) atoms. The molecule has 0 aromatic rings. The first kappa shape index (κ1) is 28.6. The van der Waals surface area contributed by atoms with Gasteiger partial charge in [0, 0.05) is 19.8 Å². The van der Waals surface area contributed by atoms with Crippen LogP contribution in [-0.4, -0.2) is 51.6 Å². The fourth-order valence-electron chi connectivity index (χ4n) is 2.74. The molecule has 0 aromatic heterocycles. The van der Waals surface area contributed by atoms with Crippen LogP contribution in [-0.2, 0) is 28.5 Å². The topological polar surface area (TPSA) is 74.4 Å². The Labute approximate surface area is 183 Å². The maximum absolute atomic E-state index is 11.4. The van der Waals surface area contributed by atoms with E-state index in [2.05, 4.69) is 13.5 Å². The van der Waals surface area contributed by atoms with Crippen molar-refractivity contribution in [3.05, 3.63) is 12.7 Å². The van der Waals surface area contributed by atoms with Crippen molar-refractivity contribution in [3.63, 3.8) is 0 Å². The van der Waals surface area contributed by atoms with Gasteiger partial charge in [-0.25, -0.2) is 4.79 Å². The fraction of sp³-hybridized carbons (Fsp3) is 0.833. The molecule has 0 aliphatic carbocycles. The lowest BCUT2D eigenvalue weighted by Crippen LogP contribution is -2.14. The number of hydrogen-bond donors (Lipinski definition) is 0. The molecular formula is C24H44O6. The van der Waals surface area contributed by atoms with Gasteiger partial charge in [0.25, 0.3) is 0 Å². The van der Waals surface area contributed by atoms with Gasteiger partial charge in [0.2, 0.25) is 0 Å². The van der Waals surface area contributed by atoms with E-state index in [0.717, 1.165) is 58.2 Å². The van der Waals surface area contributed by atoms with Crippen molar-refractivity contribution in [2.75, 3.05) is 33.5 Å². The van der Waals surface area contributed by atoms with E-state index in [1.807, 2.05) is 13.8 Å². The summed E-state index contributed by atoms with van der Waals surface area (Å²) in [6.45, 7) is 12.3. The second kappa shape index (κ2) is 19.6. The first-order valence-electron chi connectivity index (χ1n) is 11.5. The molecule has 176 valence electrons. The van der Waals surface area contributed by atoms with Crippen molar-refractivity contribution >= 4 is 11.9 Å². The van der Waals surface area contributed by atoms with E-state index in [1.165, 1.54) is 18.9 Å². The van der Waals surface area contributed by atoms with Crippen LogP contribution in [0.4, 0.5) is 0 Å². The largest absolute Gasteiger partial charge is 0.465 e. The van der Waals surface area contributed by atoms with E-state index in [-0.39, 0.29) is 17.9 Å². The van der Waals surface area contributed by atoms with Gasteiger partial charge in [0.15, 0.2) is 0 Å². The highest BCUT2D eigenvalue weighted by Crippen LogP contribution is 2.17. The zero-order chi connectivity index (χ0) is 22.6. The Morgan fingerprint density at radius 1 is 1.07 bits per heavy atom. The van der Waals surface area contributed by atoms with E-state index < -0.39 is 0 Å². The Morgan fingerprint density at radius 3 is 2.27 bits per heavy atom. The standard InChI is InChI=1S/C14H28O3.C10H16O3/c1-5-13(3)14(15)17-10-8-6-7-9-12(2)11-16-4;1-2-10(11)12-7-5-3-4-6-9-8-13-9/h12-13H,5-11H2,1-4H3;2,9H,1,3-8H2. The van der Waals surface area contributed by atoms with Gasteiger partial charge in [-0.1, -0.05) is 46.6 Å². The average Bonchev–Trinajstić information content (AvgIpc) is 3.57. The molecule has 0 radical (unpaired) electrons. The van der Waals surface area contributed by atoms with Crippen LogP contribution in [0.15, 0.2) is 12.7 Å².